The van der Waals surface area contributed by atoms with Gasteiger partial charge in [-0.1, -0.05) is 30.3 Å². The molecule has 232 valence electrons. The van der Waals surface area contributed by atoms with Crippen molar-refractivity contribution in [3.8, 4) is 0 Å². The zero-order valence-electron chi connectivity index (χ0n) is 22.2. The summed E-state index contributed by atoms with van der Waals surface area (Å²) in [5.74, 6) is -3.20. The maximum atomic E-state index is 12.7. The van der Waals surface area contributed by atoms with E-state index in [0.717, 1.165) is 44.0 Å². The van der Waals surface area contributed by atoms with Gasteiger partial charge in [0.2, 0.25) is 5.82 Å². The zero-order valence-corrected chi connectivity index (χ0v) is 22.2. The van der Waals surface area contributed by atoms with Gasteiger partial charge in [-0.2, -0.15) is 26.3 Å². The van der Waals surface area contributed by atoms with Crippen molar-refractivity contribution >= 4 is 17.8 Å². The van der Waals surface area contributed by atoms with Gasteiger partial charge in [-0.3, -0.25) is 14.7 Å². The van der Waals surface area contributed by atoms with Gasteiger partial charge in [0.25, 0.3) is 5.91 Å². The molecule has 0 spiro atoms. The molecule has 1 fully saturated rings. The summed E-state index contributed by atoms with van der Waals surface area (Å²) in [6, 6.07) is 14.1. The number of carboxylic acids is 2. The Kier molecular flexibility index (Phi) is 10.8. The molecule has 0 aliphatic carbocycles. The van der Waals surface area contributed by atoms with Gasteiger partial charge < -0.3 is 20.1 Å². The van der Waals surface area contributed by atoms with Crippen molar-refractivity contribution in [1.29, 1.82) is 0 Å². The maximum Gasteiger partial charge on any atom is 0.490 e. The van der Waals surface area contributed by atoms with Crippen LogP contribution in [-0.2, 0) is 35.6 Å². The minimum Gasteiger partial charge on any atom is -0.475 e. The number of hydrogen-bond donors (Lipinski definition) is 3. The lowest BCUT2D eigenvalue weighted by atomic mass is 9.89. The molecule has 0 radical (unpaired) electrons. The van der Waals surface area contributed by atoms with Crippen LogP contribution in [0.25, 0.3) is 0 Å². The van der Waals surface area contributed by atoms with Gasteiger partial charge in [-0.25, -0.2) is 9.59 Å². The van der Waals surface area contributed by atoms with Crippen LogP contribution in [0.3, 0.4) is 0 Å². The van der Waals surface area contributed by atoms with E-state index in [9.17, 15) is 31.1 Å². The van der Waals surface area contributed by atoms with Crippen molar-refractivity contribution in [2.45, 2.75) is 38.4 Å². The number of carbonyl (C=O) groups excluding carboxylic acids is 1. The molecule has 17 heteroatoms. The highest BCUT2D eigenvalue weighted by atomic mass is 19.4. The topological polar surface area (TPSA) is 151 Å². The predicted octanol–water partition coefficient (Wildman–Crippen LogP) is 3.17. The van der Waals surface area contributed by atoms with Crippen molar-refractivity contribution in [3.05, 3.63) is 77.6 Å². The quantitative estimate of drug-likeness (QED) is 0.368. The summed E-state index contributed by atoms with van der Waals surface area (Å²) >= 11 is 0. The number of aromatic nitrogens is 4. The van der Waals surface area contributed by atoms with Crippen molar-refractivity contribution < 1.29 is 50.9 Å². The van der Waals surface area contributed by atoms with E-state index in [1.807, 2.05) is 47.3 Å². The third-order valence-corrected chi connectivity index (χ3v) is 6.48. The first-order chi connectivity index (χ1) is 20.1. The number of pyridine rings is 1. The number of amides is 1. The fraction of sp³-hybridized carbons (Fsp3) is 0.385. The molecule has 3 aromatic rings. The van der Waals surface area contributed by atoms with Crippen molar-refractivity contribution in [1.82, 2.24) is 30.0 Å². The van der Waals surface area contributed by atoms with Gasteiger partial charge in [0.15, 0.2) is 0 Å². The molecule has 2 aliphatic heterocycles. The van der Waals surface area contributed by atoms with Crippen LogP contribution in [0.4, 0.5) is 26.3 Å². The Balaban J connectivity index is 0.000000303. The fourth-order valence-corrected chi connectivity index (χ4v) is 4.52. The Morgan fingerprint density at radius 1 is 0.814 bits per heavy atom. The van der Waals surface area contributed by atoms with Crippen molar-refractivity contribution in [2.75, 3.05) is 13.1 Å². The number of hydrogen-bond acceptors (Lipinski definition) is 7. The number of nitrogens with one attached hydrogen (secondary N) is 1. The van der Waals surface area contributed by atoms with E-state index < -0.39 is 24.3 Å². The standard InChI is InChI=1S/C22H24N6O.2C2HF3O2/c29-22(24-11-16-4-2-1-3-5-16)21-26-25-20-10-18-13-27(14-19(18)15-28(20)21)12-17-6-8-23-9-7-17;2*3-2(4,5)1(6)7/h1-9,18-19H,10-15H2,(H,24,29);2*(H,6,7). The van der Waals surface area contributed by atoms with Crippen LogP contribution in [0.1, 0.15) is 27.6 Å². The van der Waals surface area contributed by atoms with Crippen molar-refractivity contribution in [3.63, 3.8) is 0 Å². The molecule has 2 aromatic heterocycles. The molecule has 11 nitrogen and oxygen atoms in total. The van der Waals surface area contributed by atoms with Crippen LogP contribution >= 0.6 is 0 Å². The van der Waals surface area contributed by atoms with Gasteiger partial charge >= 0.3 is 24.3 Å². The molecule has 2 unspecified atom stereocenters. The molecule has 3 N–H and O–H groups in total. The van der Waals surface area contributed by atoms with E-state index in [4.69, 9.17) is 19.8 Å². The molecule has 4 heterocycles. The molecule has 1 amide bonds. The molecule has 2 atom stereocenters. The number of alkyl halides is 6. The van der Waals surface area contributed by atoms with E-state index >= 15 is 0 Å². The van der Waals surface area contributed by atoms with Gasteiger partial charge in [0.1, 0.15) is 5.82 Å². The number of benzene rings is 1. The second-order valence-corrected chi connectivity index (χ2v) is 9.60. The number of rotatable bonds is 5. The molecule has 43 heavy (non-hydrogen) atoms. The first-order valence-electron chi connectivity index (χ1n) is 12.6. The summed E-state index contributed by atoms with van der Waals surface area (Å²) in [6.07, 6.45) is -5.59. The van der Waals surface area contributed by atoms with Gasteiger partial charge in [-0.15, -0.1) is 10.2 Å². The van der Waals surface area contributed by atoms with E-state index in [2.05, 4.69) is 37.5 Å². The number of carboxylic acid groups (broad SMARTS) is 2. The minimum absolute atomic E-state index is 0.155. The molecular formula is C26H26F6N6O5. The molecule has 1 saturated heterocycles. The monoisotopic (exact) mass is 616 g/mol. The summed E-state index contributed by atoms with van der Waals surface area (Å²) in [5, 5.41) is 25.8. The van der Waals surface area contributed by atoms with Gasteiger partial charge in [-0.05, 0) is 35.1 Å². The van der Waals surface area contributed by atoms with Crippen molar-refractivity contribution in [2.24, 2.45) is 11.8 Å². The fourth-order valence-electron chi connectivity index (χ4n) is 4.52. The van der Waals surface area contributed by atoms with Crippen LogP contribution < -0.4 is 5.32 Å². The summed E-state index contributed by atoms with van der Waals surface area (Å²) in [5.41, 5.74) is 2.36. The Hall–Kier alpha value is -4.54. The van der Waals surface area contributed by atoms with Gasteiger partial charge in [0, 0.05) is 51.5 Å². The van der Waals surface area contributed by atoms with Crippen LogP contribution in [0.15, 0.2) is 54.9 Å². The van der Waals surface area contributed by atoms with E-state index in [1.54, 1.807) is 0 Å². The lowest BCUT2D eigenvalue weighted by molar-refractivity contribution is -0.193. The highest BCUT2D eigenvalue weighted by molar-refractivity contribution is 5.90. The van der Waals surface area contributed by atoms with E-state index in [-0.39, 0.29) is 5.91 Å². The number of fused-ring (bicyclic) bond motifs is 2. The second kappa shape index (κ2) is 14.1. The van der Waals surface area contributed by atoms with E-state index in [0.29, 0.717) is 24.2 Å². The third-order valence-electron chi connectivity index (χ3n) is 6.48. The highest BCUT2D eigenvalue weighted by Crippen LogP contribution is 2.33. The molecule has 0 saturated carbocycles. The summed E-state index contributed by atoms with van der Waals surface area (Å²) in [7, 11) is 0. The maximum absolute atomic E-state index is 12.7. The Labute approximate surface area is 240 Å². The minimum atomic E-state index is -5.08. The smallest absolute Gasteiger partial charge is 0.475 e. The molecule has 1 aromatic carbocycles. The Morgan fingerprint density at radius 2 is 1.37 bits per heavy atom. The highest BCUT2D eigenvalue weighted by Gasteiger charge is 2.40. The van der Waals surface area contributed by atoms with Gasteiger partial charge in [0.05, 0.1) is 0 Å². The molecule has 2 aliphatic rings. The summed E-state index contributed by atoms with van der Waals surface area (Å²) in [6.45, 7) is 4.35. The third kappa shape index (κ3) is 9.76. The number of carbonyl (C=O) groups is 3. The summed E-state index contributed by atoms with van der Waals surface area (Å²) < 4.78 is 65.5. The zero-order chi connectivity index (χ0) is 31.8. The lowest BCUT2D eigenvalue weighted by Gasteiger charge is -2.25. The molecule has 0 bridgehead atoms. The number of halogens is 6. The predicted molar refractivity (Wildman–Crippen MR) is 135 cm³/mol. The Bertz CT molecular complexity index is 1360. The number of likely N-dealkylation sites (tertiary alicyclic amines) is 1. The SMILES string of the molecule is O=C(NCc1ccccc1)c1nnc2n1CC1CN(Cc3ccncc3)CC1C2.O=C(O)C(F)(F)F.O=C(O)C(F)(F)F. The lowest BCUT2D eigenvalue weighted by Crippen LogP contribution is -2.32. The van der Waals surface area contributed by atoms with E-state index in [1.165, 1.54) is 5.56 Å². The molecule has 5 rings (SSSR count). The first kappa shape index (κ1) is 33.0. The van der Waals surface area contributed by atoms with Crippen LogP contribution in [0.2, 0.25) is 0 Å². The largest absolute Gasteiger partial charge is 0.490 e. The molecular weight excluding hydrogens is 590 g/mol. The number of aliphatic carboxylic acids is 2. The average Bonchev–Trinajstić information content (AvgIpc) is 3.53. The average molecular weight is 617 g/mol. The van der Waals surface area contributed by atoms with Crippen LogP contribution in [0.5, 0.6) is 0 Å². The van der Waals surface area contributed by atoms with Crippen LogP contribution in [0, 0.1) is 11.8 Å². The second-order valence-electron chi connectivity index (χ2n) is 9.60. The Morgan fingerprint density at radius 3 is 1.93 bits per heavy atom. The van der Waals surface area contributed by atoms with Crippen LogP contribution in [-0.4, -0.2) is 78.1 Å². The first-order valence-corrected chi connectivity index (χ1v) is 12.6. The normalized spacial score (nSPS) is 17.7. The summed E-state index contributed by atoms with van der Waals surface area (Å²) in [4.78, 5) is 37.1. The number of nitrogens with zero attached hydrogens (tertiary/aromatic N) is 5.